The first-order chi connectivity index (χ1) is 8.94. The van der Waals surface area contributed by atoms with Crippen LogP contribution in [0.25, 0.3) is 0 Å². The van der Waals surface area contributed by atoms with E-state index in [1.807, 2.05) is 0 Å². The van der Waals surface area contributed by atoms with Gasteiger partial charge in [-0.05, 0) is 30.7 Å². The van der Waals surface area contributed by atoms with Crippen LogP contribution in [0.15, 0.2) is 24.3 Å². The van der Waals surface area contributed by atoms with E-state index >= 15 is 0 Å². The predicted molar refractivity (Wildman–Crippen MR) is 71.6 cm³/mol. The Labute approximate surface area is 111 Å². The van der Waals surface area contributed by atoms with Crippen LogP contribution in [0.4, 0.5) is 5.69 Å². The zero-order chi connectivity index (χ0) is 13.9. The van der Waals surface area contributed by atoms with Crippen molar-refractivity contribution >= 4 is 21.4 Å². The van der Waals surface area contributed by atoms with Crippen molar-refractivity contribution in [3.8, 4) is 5.75 Å². The van der Waals surface area contributed by atoms with Crippen molar-refractivity contribution in [2.45, 2.75) is 12.5 Å². The fourth-order valence-electron chi connectivity index (χ4n) is 1.89. The second-order valence-corrected chi connectivity index (χ2v) is 6.75. The monoisotopic (exact) mass is 284 g/mol. The van der Waals surface area contributed by atoms with E-state index in [1.165, 1.54) is 0 Å². The van der Waals surface area contributed by atoms with Crippen LogP contribution >= 0.6 is 0 Å². The molecule has 0 aromatic heterocycles. The molecule has 3 N–H and O–H groups in total. The van der Waals surface area contributed by atoms with Crippen LogP contribution in [0.2, 0.25) is 0 Å². The largest absolute Gasteiger partial charge is 0.484 e. The van der Waals surface area contributed by atoms with E-state index < -0.39 is 9.84 Å². The normalized spacial score (nSPS) is 20.9. The van der Waals surface area contributed by atoms with Gasteiger partial charge in [0.15, 0.2) is 16.4 Å². The standard InChI is InChI=1S/C12H16N2O4S/c13-9-1-3-11(4-2-9)18-7-12(15)14-10-5-6-19(16,17)8-10/h1-4,10H,5-8,13H2,(H,14,15). The average Bonchev–Trinajstić information content (AvgIpc) is 2.68. The predicted octanol–water partition coefficient (Wildman–Crippen LogP) is -0.0491. The highest BCUT2D eigenvalue weighted by Gasteiger charge is 2.28. The van der Waals surface area contributed by atoms with Crippen molar-refractivity contribution in [2.24, 2.45) is 0 Å². The van der Waals surface area contributed by atoms with Crippen LogP contribution in [0.3, 0.4) is 0 Å². The Bertz CT molecular complexity index is 554. The molecule has 0 aliphatic carbocycles. The highest BCUT2D eigenvalue weighted by Crippen LogP contribution is 2.13. The smallest absolute Gasteiger partial charge is 0.258 e. The molecule has 0 radical (unpaired) electrons. The third kappa shape index (κ3) is 4.13. The zero-order valence-corrected chi connectivity index (χ0v) is 11.2. The highest BCUT2D eigenvalue weighted by molar-refractivity contribution is 7.91. The zero-order valence-electron chi connectivity index (χ0n) is 10.3. The van der Waals surface area contributed by atoms with Gasteiger partial charge in [-0.15, -0.1) is 0 Å². The lowest BCUT2D eigenvalue weighted by Gasteiger charge is -2.11. The van der Waals surface area contributed by atoms with E-state index in [-0.39, 0.29) is 30.1 Å². The van der Waals surface area contributed by atoms with E-state index in [4.69, 9.17) is 10.5 Å². The molecule has 1 aromatic rings. The Kier molecular flexibility index (Phi) is 3.94. The number of carbonyl (C=O) groups is 1. The fraction of sp³-hybridized carbons (Fsp3) is 0.417. The third-order valence-corrected chi connectivity index (χ3v) is 4.62. The third-order valence-electron chi connectivity index (χ3n) is 2.85. The molecule has 1 aliphatic heterocycles. The quantitative estimate of drug-likeness (QED) is 0.755. The molecule has 19 heavy (non-hydrogen) atoms. The summed E-state index contributed by atoms with van der Waals surface area (Å²) in [6.45, 7) is -0.138. The number of nitrogens with one attached hydrogen (secondary N) is 1. The van der Waals surface area contributed by atoms with Crippen molar-refractivity contribution in [1.82, 2.24) is 5.32 Å². The van der Waals surface area contributed by atoms with Crippen molar-refractivity contribution < 1.29 is 17.9 Å². The molecule has 0 bridgehead atoms. The Hall–Kier alpha value is -1.76. The molecular weight excluding hydrogens is 268 g/mol. The van der Waals surface area contributed by atoms with E-state index in [0.29, 0.717) is 17.9 Å². The summed E-state index contributed by atoms with van der Waals surface area (Å²) in [6, 6.07) is 6.39. The Balaban J connectivity index is 1.77. The second-order valence-electron chi connectivity index (χ2n) is 4.53. The molecule has 1 amide bonds. The lowest BCUT2D eigenvalue weighted by Crippen LogP contribution is -2.38. The molecule has 1 aliphatic rings. The van der Waals surface area contributed by atoms with Crippen molar-refractivity contribution in [3.63, 3.8) is 0 Å². The van der Waals surface area contributed by atoms with Gasteiger partial charge in [-0.1, -0.05) is 0 Å². The van der Waals surface area contributed by atoms with Crippen LogP contribution < -0.4 is 15.8 Å². The van der Waals surface area contributed by atoms with E-state index in [9.17, 15) is 13.2 Å². The molecule has 1 heterocycles. The summed E-state index contributed by atoms with van der Waals surface area (Å²) in [5.41, 5.74) is 6.14. The number of anilines is 1. The van der Waals surface area contributed by atoms with Crippen molar-refractivity contribution in [2.75, 3.05) is 23.8 Å². The van der Waals surface area contributed by atoms with Gasteiger partial charge in [0.2, 0.25) is 0 Å². The SMILES string of the molecule is Nc1ccc(OCC(=O)NC2CCS(=O)(=O)C2)cc1. The number of carbonyl (C=O) groups excluding carboxylic acids is 1. The van der Waals surface area contributed by atoms with Crippen molar-refractivity contribution in [3.05, 3.63) is 24.3 Å². The number of benzene rings is 1. The number of nitrogen functional groups attached to an aromatic ring is 1. The van der Waals surface area contributed by atoms with Crippen LogP contribution in [-0.4, -0.2) is 38.5 Å². The van der Waals surface area contributed by atoms with Gasteiger partial charge in [0.05, 0.1) is 11.5 Å². The summed E-state index contributed by atoms with van der Waals surface area (Å²) in [6.07, 6.45) is 0.468. The van der Waals surface area contributed by atoms with E-state index in [2.05, 4.69) is 5.32 Å². The molecule has 0 spiro atoms. The summed E-state index contributed by atoms with van der Waals surface area (Å²) in [4.78, 5) is 11.6. The maximum Gasteiger partial charge on any atom is 0.258 e. The first-order valence-electron chi connectivity index (χ1n) is 5.93. The van der Waals surface area contributed by atoms with E-state index in [1.54, 1.807) is 24.3 Å². The molecule has 1 atom stereocenters. The summed E-state index contributed by atoms with van der Waals surface area (Å²) in [7, 11) is -2.98. The van der Waals surface area contributed by atoms with Gasteiger partial charge in [0.1, 0.15) is 5.75 Å². The Morgan fingerprint density at radius 1 is 1.37 bits per heavy atom. The van der Waals surface area contributed by atoms with Gasteiger partial charge in [0.25, 0.3) is 5.91 Å². The molecule has 6 nitrogen and oxygen atoms in total. The topological polar surface area (TPSA) is 98.5 Å². The number of nitrogens with two attached hydrogens (primary N) is 1. The molecule has 7 heteroatoms. The molecule has 1 aromatic carbocycles. The summed E-state index contributed by atoms with van der Waals surface area (Å²) < 4.78 is 27.7. The molecule has 1 fully saturated rings. The lowest BCUT2D eigenvalue weighted by atomic mass is 10.2. The van der Waals surface area contributed by atoms with Crippen molar-refractivity contribution in [1.29, 1.82) is 0 Å². The molecule has 2 rings (SSSR count). The first-order valence-corrected chi connectivity index (χ1v) is 7.75. The van der Waals surface area contributed by atoms with Gasteiger partial charge in [0, 0.05) is 11.7 Å². The maximum atomic E-state index is 11.6. The number of hydrogen-bond donors (Lipinski definition) is 2. The molecule has 104 valence electrons. The van der Waals surface area contributed by atoms with Gasteiger partial charge >= 0.3 is 0 Å². The van der Waals surface area contributed by atoms with Gasteiger partial charge in [-0.3, -0.25) is 4.79 Å². The summed E-state index contributed by atoms with van der Waals surface area (Å²) >= 11 is 0. The number of amides is 1. The maximum absolute atomic E-state index is 11.6. The van der Waals surface area contributed by atoms with Gasteiger partial charge in [-0.25, -0.2) is 8.42 Å². The second kappa shape index (κ2) is 5.48. The first kappa shape index (κ1) is 13.7. The average molecular weight is 284 g/mol. The Morgan fingerprint density at radius 2 is 2.05 bits per heavy atom. The lowest BCUT2D eigenvalue weighted by molar-refractivity contribution is -0.123. The minimum absolute atomic E-state index is 0.0145. The van der Waals surface area contributed by atoms with Crippen LogP contribution in [0, 0.1) is 0 Å². The number of hydrogen-bond acceptors (Lipinski definition) is 5. The fourth-order valence-corrected chi connectivity index (χ4v) is 3.56. The van der Waals surface area contributed by atoms with Crippen LogP contribution in [0.5, 0.6) is 5.75 Å². The molecule has 0 saturated carbocycles. The Morgan fingerprint density at radius 3 is 2.63 bits per heavy atom. The van der Waals surface area contributed by atoms with Gasteiger partial charge < -0.3 is 15.8 Å². The summed E-state index contributed by atoms with van der Waals surface area (Å²) in [5, 5.41) is 2.65. The number of ether oxygens (including phenoxy) is 1. The van der Waals surface area contributed by atoms with Crippen LogP contribution in [-0.2, 0) is 14.6 Å². The summed E-state index contributed by atoms with van der Waals surface area (Å²) in [5.74, 6) is 0.375. The van der Waals surface area contributed by atoms with Gasteiger partial charge in [-0.2, -0.15) is 0 Å². The highest BCUT2D eigenvalue weighted by atomic mass is 32.2. The number of sulfone groups is 1. The van der Waals surface area contributed by atoms with E-state index in [0.717, 1.165) is 0 Å². The number of rotatable bonds is 4. The van der Waals surface area contributed by atoms with Crippen LogP contribution in [0.1, 0.15) is 6.42 Å². The molecular formula is C12H16N2O4S. The molecule has 1 unspecified atom stereocenters. The molecule has 1 saturated heterocycles. The minimum Gasteiger partial charge on any atom is -0.484 e. The minimum atomic E-state index is -2.98.